The van der Waals surface area contributed by atoms with Gasteiger partial charge in [0.2, 0.25) is 0 Å². The third kappa shape index (κ3) is 2.34. The fraction of sp³-hybridized carbons (Fsp3) is 0.375. The normalized spacial score (nSPS) is 28.4. The number of hydrogen-bond donors (Lipinski definition) is 1. The number of ether oxygens (including phenoxy) is 1. The van der Waals surface area contributed by atoms with Crippen molar-refractivity contribution in [2.45, 2.75) is 12.0 Å². The van der Waals surface area contributed by atoms with Crippen molar-refractivity contribution < 1.29 is 29.0 Å². The number of carboxylic acid groups (broad SMARTS) is 1. The summed E-state index contributed by atoms with van der Waals surface area (Å²) in [4.78, 5) is 24.7. The van der Waals surface area contributed by atoms with E-state index in [4.69, 9.17) is 5.11 Å². The fourth-order valence-electron chi connectivity index (χ4n) is 1.15. The van der Waals surface area contributed by atoms with Crippen LogP contribution in [0.2, 0.25) is 0 Å². The lowest BCUT2D eigenvalue weighted by Crippen LogP contribution is -2.42. The van der Waals surface area contributed by atoms with E-state index < -0.39 is 23.0 Å². The standard InChI is InChI=1S/C8H8FNO6/c1-15-8(9)3-2-5(7(11)12)4-6(8)16-10(13)14/h2-4,6H,1H3,(H,11,12). The van der Waals surface area contributed by atoms with Gasteiger partial charge in [0.1, 0.15) is 0 Å². The highest BCUT2D eigenvalue weighted by Crippen LogP contribution is 2.28. The molecule has 8 heteroatoms. The van der Waals surface area contributed by atoms with Crippen LogP contribution in [0.1, 0.15) is 0 Å². The molecule has 1 aliphatic rings. The van der Waals surface area contributed by atoms with Gasteiger partial charge >= 0.3 is 5.97 Å². The Bertz CT molecular complexity index is 379. The summed E-state index contributed by atoms with van der Waals surface area (Å²) in [6, 6.07) is 0. The lowest BCUT2D eigenvalue weighted by Gasteiger charge is -2.28. The van der Waals surface area contributed by atoms with E-state index in [9.17, 15) is 19.3 Å². The maximum Gasteiger partial charge on any atom is 0.335 e. The molecule has 1 rings (SSSR count). The smallest absolute Gasteiger partial charge is 0.335 e. The minimum Gasteiger partial charge on any atom is -0.478 e. The predicted molar refractivity (Wildman–Crippen MR) is 47.6 cm³/mol. The molecule has 0 aliphatic heterocycles. The molecule has 0 radical (unpaired) electrons. The first kappa shape index (κ1) is 12.1. The fourth-order valence-corrected chi connectivity index (χ4v) is 1.15. The second kappa shape index (κ2) is 4.27. The molecule has 0 heterocycles. The van der Waals surface area contributed by atoms with E-state index in [1.807, 2.05) is 0 Å². The van der Waals surface area contributed by atoms with Crippen LogP contribution in [0.5, 0.6) is 0 Å². The van der Waals surface area contributed by atoms with Crippen molar-refractivity contribution in [1.29, 1.82) is 0 Å². The number of hydrogen-bond acceptors (Lipinski definition) is 5. The summed E-state index contributed by atoms with van der Waals surface area (Å²) >= 11 is 0. The first-order valence-electron chi connectivity index (χ1n) is 4.08. The zero-order valence-corrected chi connectivity index (χ0v) is 8.12. The summed E-state index contributed by atoms with van der Waals surface area (Å²) in [7, 11) is 0.986. The Balaban J connectivity index is 3.00. The van der Waals surface area contributed by atoms with Crippen LogP contribution >= 0.6 is 0 Å². The summed E-state index contributed by atoms with van der Waals surface area (Å²) in [6.07, 6.45) is 0.730. The highest BCUT2D eigenvalue weighted by molar-refractivity contribution is 5.90. The van der Waals surface area contributed by atoms with Crippen LogP contribution < -0.4 is 0 Å². The molecule has 2 unspecified atom stereocenters. The number of aliphatic carboxylic acids is 1. The summed E-state index contributed by atoms with van der Waals surface area (Å²) in [6.45, 7) is 0. The Hall–Kier alpha value is -1.96. The zero-order valence-electron chi connectivity index (χ0n) is 8.12. The molecule has 16 heavy (non-hydrogen) atoms. The number of carbonyl (C=O) groups is 1. The highest BCUT2D eigenvalue weighted by atomic mass is 19.2. The maximum absolute atomic E-state index is 13.8. The van der Waals surface area contributed by atoms with Crippen LogP contribution in [0.3, 0.4) is 0 Å². The van der Waals surface area contributed by atoms with Gasteiger partial charge in [-0.2, -0.15) is 0 Å². The average molecular weight is 233 g/mol. The molecule has 7 nitrogen and oxygen atoms in total. The number of alkyl halides is 1. The zero-order chi connectivity index (χ0) is 12.3. The quantitative estimate of drug-likeness (QED) is 0.559. The van der Waals surface area contributed by atoms with E-state index in [-0.39, 0.29) is 5.57 Å². The second-order valence-corrected chi connectivity index (χ2v) is 2.91. The molecule has 0 aromatic rings. The van der Waals surface area contributed by atoms with Crippen molar-refractivity contribution in [3.63, 3.8) is 0 Å². The summed E-state index contributed by atoms with van der Waals surface area (Å²) in [5.41, 5.74) is -0.308. The molecular formula is C8H8FNO6. The second-order valence-electron chi connectivity index (χ2n) is 2.91. The van der Waals surface area contributed by atoms with Gasteiger partial charge in [0, 0.05) is 7.11 Å². The minimum absolute atomic E-state index is 0.308. The van der Waals surface area contributed by atoms with Crippen LogP contribution in [0, 0.1) is 10.1 Å². The Morgan fingerprint density at radius 2 is 2.38 bits per heavy atom. The van der Waals surface area contributed by atoms with Crippen molar-refractivity contribution in [3.8, 4) is 0 Å². The monoisotopic (exact) mass is 233 g/mol. The molecule has 0 amide bonds. The molecule has 0 spiro atoms. The molecule has 1 aliphatic carbocycles. The van der Waals surface area contributed by atoms with E-state index in [1.54, 1.807) is 0 Å². The van der Waals surface area contributed by atoms with Crippen molar-refractivity contribution in [3.05, 3.63) is 33.9 Å². The van der Waals surface area contributed by atoms with Crippen molar-refractivity contribution in [1.82, 2.24) is 0 Å². The molecular weight excluding hydrogens is 225 g/mol. The van der Waals surface area contributed by atoms with Crippen LogP contribution in [0.4, 0.5) is 4.39 Å². The van der Waals surface area contributed by atoms with Gasteiger partial charge in [-0.3, -0.25) is 4.84 Å². The number of rotatable bonds is 4. The van der Waals surface area contributed by atoms with Gasteiger partial charge in [-0.25, -0.2) is 9.18 Å². The summed E-state index contributed by atoms with van der Waals surface area (Å²) < 4.78 is 18.2. The van der Waals surface area contributed by atoms with Gasteiger partial charge in [-0.1, -0.05) is 0 Å². The molecule has 0 aromatic heterocycles. The molecule has 88 valence electrons. The van der Waals surface area contributed by atoms with E-state index in [2.05, 4.69) is 9.57 Å². The van der Waals surface area contributed by atoms with E-state index >= 15 is 0 Å². The Kier molecular flexibility index (Phi) is 3.23. The first-order chi connectivity index (χ1) is 7.39. The van der Waals surface area contributed by atoms with E-state index in [1.165, 1.54) is 0 Å². The van der Waals surface area contributed by atoms with Crippen molar-refractivity contribution in [2.75, 3.05) is 7.11 Å². The number of nitrogens with zero attached hydrogens (tertiary/aromatic N) is 1. The van der Waals surface area contributed by atoms with Crippen molar-refractivity contribution >= 4 is 5.97 Å². The highest BCUT2D eigenvalue weighted by Gasteiger charge is 2.41. The van der Waals surface area contributed by atoms with Gasteiger partial charge in [0.05, 0.1) is 5.57 Å². The maximum atomic E-state index is 13.8. The molecule has 1 N–H and O–H groups in total. The van der Waals surface area contributed by atoms with Gasteiger partial charge in [0.25, 0.3) is 10.9 Å². The lowest BCUT2D eigenvalue weighted by atomic mass is 10.0. The van der Waals surface area contributed by atoms with Gasteiger partial charge in [-0.05, 0) is 18.2 Å². The van der Waals surface area contributed by atoms with Crippen LogP contribution in [-0.2, 0) is 14.4 Å². The summed E-state index contributed by atoms with van der Waals surface area (Å²) in [5.74, 6) is -3.89. The number of methoxy groups -OCH3 is 1. The van der Waals surface area contributed by atoms with Crippen LogP contribution in [-0.4, -0.2) is 35.2 Å². The Morgan fingerprint density at radius 1 is 1.75 bits per heavy atom. The predicted octanol–water partition coefficient (Wildman–Crippen LogP) is 0.456. The largest absolute Gasteiger partial charge is 0.478 e. The minimum atomic E-state index is -2.55. The third-order valence-electron chi connectivity index (χ3n) is 1.97. The van der Waals surface area contributed by atoms with Gasteiger partial charge in [0.15, 0.2) is 6.10 Å². The van der Waals surface area contributed by atoms with Gasteiger partial charge in [-0.15, -0.1) is 10.1 Å². The number of carboxylic acids is 1. The molecule has 0 aromatic carbocycles. The molecule has 0 saturated heterocycles. The SMILES string of the molecule is COC1(F)C=CC(C(=O)O)=CC1O[N+](=O)[O-]. The third-order valence-corrected chi connectivity index (χ3v) is 1.97. The summed E-state index contributed by atoms with van der Waals surface area (Å²) in [5, 5.41) is 17.5. The Labute approximate surface area is 88.9 Å². The average Bonchev–Trinajstić information content (AvgIpc) is 2.20. The van der Waals surface area contributed by atoms with E-state index in [0.717, 1.165) is 25.3 Å². The van der Waals surface area contributed by atoms with Crippen LogP contribution in [0.25, 0.3) is 0 Å². The van der Waals surface area contributed by atoms with E-state index in [0.29, 0.717) is 0 Å². The topological polar surface area (TPSA) is 98.9 Å². The number of halogens is 1. The molecule has 0 bridgehead atoms. The van der Waals surface area contributed by atoms with Crippen molar-refractivity contribution in [2.24, 2.45) is 0 Å². The molecule has 0 saturated carbocycles. The first-order valence-corrected chi connectivity index (χ1v) is 4.08. The van der Waals surface area contributed by atoms with Gasteiger partial charge < -0.3 is 9.84 Å². The lowest BCUT2D eigenvalue weighted by molar-refractivity contribution is -0.770. The molecule has 0 fully saturated rings. The van der Waals surface area contributed by atoms with Crippen LogP contribution in [0.15, 0.2) is 23.8 Å². The Morgan fingerprint density at radius 3 is 2.81 bits per heavy atom. The molecule has 2 atom stereocenters.